The van der Waals surface area contributed by atoms with E-state index in [0.717, 1.165) is 11.3 Å². The van der Waals surface area contributed by atoms with Gasteiger partial charge in [0, 0.05) is 17.1 Å². The summed E-state index contributed by atoms with van der Waals surface area (Å²) in [5.74, 6) is -1.01. The Kier molecular flexibility index (Phi) is 5.32. The molecule has 1 rings (SSSR count). The quantitative estimate of drug-likeness (QED) is 0.849. The Balaban J connectivity index is 3.09. The second-order valence-corrected chi connectivity index (χ2v) is 7.57. The predicted octanol–water partition coefficient (Wildman–Crippen LogP) is 2.38. The molecule has 0 fully saturated rings. The molecule has 1 N–H and O–H groups in total. The molecule has 0 aliphatic heterocycles. The minimum atomic E-state index is -3.64. The Labute approximate surface area is 119 Å². The number of hydrogen-bond donors (Lipinski definition) is 1. The Morgan fingerprint density at radius 3 is 2.61 bits per heavy atom. The van der Waals surface area contributed by atoms with Crippen LogP contribution in [0.1, 0.15) is 20.3 Å². The van der Waals surface area contributed by atoms with Gasteiger partial charge in [0.05, 0.1) is 6.42 Å². The topological polar surface area (TPSA) is 74.7 Å². The first-order valence-electron chi connectivity index (χ1n) is 5.27. The van der Waals surface area contributed by atoms with Crippen molar-refractivity contribution in [2.24, 2.45) is 0 Å². The lowest BCUT2D eigenvalue weighted by atomic mass is 10.2. The first-order valence-corrected chi connectivity index (χ1v) is 8.38. The van der Waals surface area contributed by atoms with Crippen LogP contribution in [-0.4, -0.2) is 36.4 Å². The summed E-state index contributed by atoms with van der Waals surface area (Å²) in [5.41, 5.74) is 0. The van der Waals surface area contributed by atoms with E-state index in [9.17, 15) is 13.2 Å². The maximum atomic E-state index is 12.4. The first kappa shape index (κ1) is 15.6. The van der Waals surface area contributed by atoms with E-state index in [4.69, 9.17) is 5.11 Å². The zero-order valence-electron chi connectivity index (χ0n) is 9.96. The molecule has 8 heteroatoms. The third-order valence-electron chi connectivity index (χ3n) is 2.40. The highest BCUT2D eigenvalue weighted by Crippen LogP contribution is 2.31. The van der Waals surface area contributed by atoms with Crippen LogP contribution >= 0.6 is 27.3 Å². The molecule has 0 saturated heterocycles. The molecule has 0 aliphatic carbocycles. The van der Waals surface area contributed by atoms with Crippen molar-refractivity contribution in [2.75, 3.05) is 6.54 Å². The fourth-order valence-corrected chi connectivity index (χ4v) is 5.71. The number of rotatable bonds is 6. The molecular formula is C10H14BrNO4S2. The summed E-state index contributed by atoms with van der Waals surface area (Å²) in [7, 11) is -3.64. The van der Waals surface area contributed by atoms with Crippen molar-refractivity contribution in [1.29, 1.82) is 0 Å². The molecule has 1 heterocycles. The van der Waals surface area contributed by atoms with Crippen molar-refractivity contribution in [3.63, 3.8) is 0 Å². The van der Waals surface area contributed by atoms with Crippen molar-refractivity contribution < 1.29 is 18.3 Å². The summed E-state index contributed by atoms with van der Waals surface area (Å²) in [4.78, 5) is 10.7. The zero-order chi connectivity index (χ0) is 13.9. The molecule has 1 aromatic rings. The lowest BCUT2D eigenvalue weighted by molar-refractivity contribution is -0.137. The van der Waals surface area contributed by atoms with Crippen molar-refractivity contribution in [2.45, 2.75) is 30.5 Å². The highest BCUT2D eigenvalue weighted by atomic mass is 79.9. The van der Waals surface area contributed by atoms with Gasteiger partial charge in [-0.25, -0.2) is 8.42 Å². The summed E-state index contributed by atoms with van der Waals surface area (Å²) in [5, 5.41) is 10.4. The minimum absolute atomic E-state index is 0.210. The van der Waals surface area contributed by atoms with Gasteiger partial charge in [0.2, 0.25) is 0 Å². The molecule has 0 radical (unpaired) electrons. The van der Waals surface area contributed by atoms with Crippen molar-refractivity contribution in [3.05, 3.63) is 15.9 Å². The van der Waals surface area contributed by atoms with E-state index in [1.165, 1.54) is 4.31 Å². The molecule has 0 bridgehead atoms. The van der Waals surface area contributed by atoms with Gasteiger partial charge in [0.15, 0.2) is 0 Å². The predicted molar refractivity (Wildman–Crippen MR) is 73.3 cm³/mol. The van der Waals surface area contributed by atoms with Gasteiger partial charge in [-0.05, 0) is 34.3 Å². The van der Waals surface area contributed by atoms with Gasteiger partial charge in [-0.2, -0.15) is 4.31 Å². The summed E-state index contributed by atoms with van der Waals surface area (Å²) < 4.78 is 26.7. The fraction of sp³-hybridized carbons (Fsp3) is 0.500. The second-order valence-electron chi connectivity index (χ2n) is 3.71. The average Bonchev–Trinajstić information content (AvgIpc) is 2.64. The van der Waals surface area contributed by atoms with Crippen LogP contribution in [0, 0.1) is 0 Å². The van der Waals surface area contributed by atoms with Gasteiger partial charge < -0.3 is 5.11 Å². The molecule has 5 nitrogen and oxygen atoms in total. The third kappa shape index (κ3) is 3.31. The molecule has 1 atom stereocenters. The Hall–Kier alpha value is -0.440. The number of thiophene rings is 1. The highest BCUT2D eigenvalue weighted by molar-refractivity contribution is 9.10. The molecule has 1 aromatic heterocycles. The van der Waals surface area contributed by atoms with Crippen LogP contribution in [0.15, 0.2) is 20.1 Å². The van der Waals surface area contributed by atoms with Crippen LogP contribution in [0.25, 0.3) is 0 Å². The number of nitrogens with zero attached hydrogens (tertiary/aromatic N) is 1. The maximum absolute atomic E-state index is 12.4. The lowest BCUT2D eigenvalue weighted by Gasteiger charge is -2.25. The van der Waals surface area contributed by atoms with E-state index in [0.29, 0.717) is 4.47 Å². The number of carboxylic acids is 1. The molecule has 1 unspecified atom stereocenters. The van der Waals surface area contributed by atoms with Crippen molar-refractivity contribution >= 4 is 43.3 Å². The van der Waals surface area contributed by atoms with Gasteiger partial charge in [-0.1, -0.05) is 6.92 Å². The van der Waals surface area contributed by atoms with Gasteiger partial charge >= 0.3 is 5.97 Å². The number of aliphatic carboxylic acids is 1. The summed E-state index contributed by atoms with van der Waals surface area (Å²) in [6.07, 6.45) is -0.212. The number of halogens is 1. The van der Waals surface area contributed by atoms with Crippen LogP contribution in [0.5, 0.6) is 0 Å². The van der Waals surface area contributed by atoms with E-state index in [1.807, 2.05) is 0 Å². The summed E-state index contributed by atoms with van der Waals surface area (Å²) in [6.45, 7) is 3.52. The number of hydrogen-bond acceptors (Lipinski definition) is 4. The Morgan fingerprint density at radius 1 is 1.61 bits per heavy atom. The van der Waals surface area contributed by atoms with Crippen LogP contribution < -0.4 is 0 Å². The SMILES string of the molecule is CCN(C(C)CC(=O)O)S(=O)(=O)c1sccc1Br. The maximum Gasteiger partial charge on any atom is 0.304 e. The molecule has 0 aromatic carbocycles. The molecule has 0 spiro atoms. The Bertz CT molecular complexity index is 526. The van der Waals surface area contributed by atoms with E-state index in [1.54, 1.807) is 25.3 Å². The monoisotopic (exact) mass is 355 g/mol. The summed E-state index contributed by atoms with van der Waals surface area (Å²) in [6, 6.07) is 1.08. The summed E-state index contributed by atoms with van der Waals surface area (Å²) >= 11 is 4.30. The highest BCUT2D eigenvalue weighted by Gasteiger charge is 2.31. The molecule has 18 heavy (non-hydrogen) atoms. The molecule has 0 saturated carbocycles. The standard InChI is InChI=1S/C10H14BrNO4S2/c1-3-12(7(2)6-9(13)14)18(15,16)10-8(11)4-5-17-10/h4-5,7H,3,6H2,1-2H3,(H,13,14). The van der Waals surface area contributed by atoms with E-state index in [2.05, 4.69) is 15.9 Å². The normalized spacial score (nSPS) is 13.8. The smallest absolute Gasteiger partial charge is 0.304 e. The largest absolute Gasteiger partial charge is 0.481 e. The van der Waals surface area contributed by atoms with Crippen LogP contribution in [0.3, 0.4) is 0 Å². The molecular weight excluding hydrogens is 342 g/mol. The lowest BCUT2D eigenvalue weighted by Crippen LogP contribution is -2.39. The van der Waals surface area contributed by atoms with Gasteiger partial charge in [0.1, 0.15) is 4.21 Å². The number of sulfonamides is 1. The molecule has 0 aliphatic rings. The van der Waals surface area contributed by atoms with Crippen LogP contribution in [0.2, 0.25) is 0 Å². The van der Waals surface area contributed by atoms with E-state index >= 15 is 0 Å². The fourth-order valence-electron chi connectivity index (χ4n) is 1.64. The van der Waals surface area contributed by atoms with Gasteiger partial charge in [-0.3, -0.25) is 4.79 Å². The van der Waals surface area contributed by atoms with E-state index < -0.39 is 22.0 Å². The van der Waals surface area contributed by atoms with Crippen molar-refractivity contribution in [1.82, 2.24) is 4.31 Å². The third-order valence-corrected chi connectivity index (χ3v) is 7.14. The second kappa shape index (κ2) is 6.14. The first-order chi connectivity index (χ1) is 8.30. The van der Waals surface area contributed by atoms with E-state index in [-0.39, 0.29) is 17.2 Å². The number of carboxylic acid groups (broad SMARTS) is 1. The van der Waals surface area contributed by atoms with Gasteiger partial charge in [-0.15, -0.1) is 11.3 Å². The zero-order valence-corrected chi connectivity index (χ0v) is 13.2. The van der Waals surface area contributed by atoms with Gasteiger partial charge in [0.25, 0.3) is 10.0 Å². The van der Waals surface area contributed by atoms with Crippen molar-refractivity contribution in [3.8, 4) is 0 Å². The average molecular weight is 356 g/mol. The Morgan fingerprint density at radius 2 is 2.22 bits per heavy atom. The molecule has 102 valence electrons. The van der Waals surface area contributed by atoms with Crippen LogP contribution in [-0.2, 0) is 14.8 Å². The van der Waals surface area contributed by atoms with Crippen LogP contribution in [0.4, 0.5) is 0 Å². The minimum Gasteiger partial charge on any atom is -0.481 e. The number of carbonyl (C=O) groups is 1. The molecule has 0 amide bonds.